The van der Waals surface area contributed by atoms with Gasteiger partial charge >= 0.3 is 9.75 Å². The fourth-order valence-corrected chi connectivity index (χ4v) is 4.96. The third-order valence-corrected chi connectivity index (χ3v) is 6.34. The Hall–Kier alpha value is -1.22. The van der Waals surface area contributed by atoms with E-state index in [0.717, 1.165) is 48.8 Å². The van der Waals surface area contributed by atoms with Crippen LogP contribution in [0.25, 0.3) is 11.1 Å². The Morgan fingerprint density at radius 3 is 2.05 bits per heavy atom. The summed E-state index contributed by atoms with van der Waals surface area (Å²) in [7, 11) is 4.94. The van der Waals surface area contributed by atoms with Gasteiger partial charge in [0.1, 0.15) is 10.0 Å². The second-order valence-electron chi connectivity index (χ2n) is 4.17. The molecule has 2 heterocycles. The third kappa shape index (κ3) is 4.37. The number of hydrogen-bond donors (Lipinski definition) is 0. The van der Waals surface area contributed by atoms with Crippen molar-refractivity contribution in [2.75, 3.05) is 0 Å². The van der Waals surface area contributed by atoms with Gasteiger partial charge in [0.2, 0.25) is 0 Å². The second-order valence-corrected chi connectivity index (χ2v) is 8.31. The molecule has 2 rings (SSSR count). The summed E-state index contributed by atoms with van der Waals surface area (Å²) in [6, 6.07) is 0. The Morgan fingerprint density at radius 2 is 1.62 bits per heavy atom. The highest BCUT2D eigenvalue weighted by molar-refractivity contribution is 7.68. The summed E-state index contributed by atoms with van der Waals surface area (Å²) < 4.78 is 0. The van der Waals surface area contributed by atoms with Gasteiger partial charge in [-0.15, -0.1) is 0 Å². The molecule has 2 aromatic rings. The fraction of sp³-hybridized carbons (Fsp3) is 0.231. The molecule has 0 saturated heterocycles. The van der Waals surface area contributed by atoms with Crippen molar-refractivity contribution in [3.05, 3.63) is 53.7 Å². The molecule has 0 saturated carbocycles. The Morgan fingerprint density at radius 1 is 1.05 bits per heavy atom. The summed E-state index contributed by atoms with van der Waals surface area (Å²) in [6.45, 7) is 7.76. The highest BCUT2D eigenvalue weighted by atomic mass is 32.9. The largest absolute Gasteiger partial charge is 0.337 e. The zero-order valence-electron chi connectivity index (χ0n) is 11.4. The van der Waals surface area contributed by atoms with Crippen LogP contribution in [0.1, 0.15) is 30.3 Å². The van der Waals surface area contributed by atoms with E-state index in [-0.39, 0.29) is 9.75 Å². The van der Waals surface area contributed by atoms with Gasteiger partial charge in [0.25, 0.3) is 0 Å². The topological polar surface area (TPSA) is 59.9 Å². The lowest BCUT2D eigenvalue weighted by atomic mass is 10.1. The highest BCUT2D eigenvalue weighted by Crippen LogP contribution is 2.28. The van der Waals surface area contributed by atoms with Gasteiger partial charge < -0.3 is 0 Å². The normalized spacial score (nSPS) is 12.7. The van der Waals surface area contributed by atoms with Gasteiger partial charge in [-0.05, 0) is 51.8 Å². The van der Waals surface area contributed by atoms with E-state index >= 15 is 0 Å². The number of nitrogens with zero attached hydrogens (tertiary/aromatic N) is 2. The van der Waals surface area contributed by atoms with Crippen molar-refractivity contribution < 1.29 is 0 Å². The lowest BCUT2D eigenvalue weighted by Gasteiger charge is -2.02. The monoisotopic (exact) mass is 356 g/mol. The first-order chi connectivity index (χ1) is 9.99. The van der Waals surface area contributed by atoms with Crippen LogP contribution in [0.5, 0.6) is 0 Å². The average molecular weight is 357 g/mol. The molecular formula is C13H12N2O2S4. The molecule has 0 aliphatic rings. The first-order valence-electron chi connectivity index (χ1n) is 6.02. The molecule has 0 aromatic carbocycles. The highest BCUT2D eigenvalue weighted by Gasteiger charge is 2.10. The second kappa shape index (κ2) is 7.17. The Kier molecular flexibility index (Phi) is 5.51. The summed E-state index contributed by atoms with van der Waals surface area (Å²) in [4.78, 5) is 30.2. The predicted molar refractivity (Wildman–Crippen MR) is 93.6 cm³/mol. The molecule has 8 heteroatoms. The van der Waals surface area contributed by atoms with Crippen LogP contribution in [0, 0.1) is 0 Å². The van der Waals surface area contributed by atoms with Crippen LogP contribution in [-0.2, 0) is 0 Å². The SMILES string of the molecule is C=C(C)/C=C(\C=C(/CC)c1nc(=O)ss1)c1nc(=O)ss1. The lowest BCUT2D eigenvalue weighted by Crippen LogP contribution is -1.96. The molecule has 110 valence electrons. The molecule has 0 aliphatic heterocycles. The van der Waals surface area contributed by atoms with Crippen molar-refractivity contribution in [3.63, 3.8) is 0 Å². The maximum Gasteiger partial charge on any atom is 0.337 e. The van der Waals surface area contributed by atoms with E-state index in [1.165, 1.54) is 20.7 Å². The van der Waals surface area contributed by atoms with E-state index in [9.17, 15) is 9.59 Å². The van der Waals surface area contributed by atoms with E-state index in [4.69, 9.17) is 0 Å². The van der Waals surface area contributed by atoms with Crippen molar-refractivity contribution in [1.29, 1.82) is 0 Å². The van der Waals surface area contributed by atoms with Crippen LogP contribution >= 0.6 is 41.4 Å². The molecule has 0 unspecified atom stereocenters. The maximum absolute atomic E-state index is 11.3. The van der Waals surface area contributed by atoms with Gasteiger partial charge in [-0.1, -0.05) is 39.8 Å². The van der Waals surface area contributed by atoms with E-state index in [1.807, 2.05) is 26.0 Å². The molecule has 2 aromatic heterocycles. The molecule has 0 atom stereocenters. The zero-order chi connectivity index (χ0) is 15.4. The van der Waals surface area contributed by atoms with Crippen LogP contribution in [0.15, 0.2) is 33.9 Å². The minimum atomic E-state index is -0.202. The van der Waals surface area contributed by atoms with Gasteiger partial charge in [0, 0.05) is 5.57 Å². The molecule has 0 radical (unpaired) electrons. The smallest absolute Gasteiger partial charge is 0.254 e. The first-order valence-corrected chi connectivity index (χ1v) is 10.3. The molecule has 0 bridgehead atoms. The standard InChI is InChI=1S/C13H12N2O2S4/c1-4-8(10-14-12(16)20-18-10)6-9(5-7(2)3)11-15-13(17)21-19-11/h5-6H,2,4H2,1,3H3/b8-6+,9-5+. The summed E-state index contributed by atoms with van der Waals surface area (Å²) in [5.41, 5.74) is 2.66. The molecule has 0 spiro atoms. The summed E-state index contributed by atoms with van der Waals surface area (Å²) in [5.74, 6) is 0. The van der Waals surface area contributed by atoms with Crippen LogP contribution in [0.2, 0.25) is 0 Å². The zero-order valence-corrected chi connectivity index (χ0v) is 14.7. The van der Waals surface area contributed by atoms with E-state index in [2.05, 4.69) is 16.5 Å². The van der Waals surface area contributed by atoms with Crippen molar-refractivity contribution in [2.24, 2.45) is 0 Å². The summed E-state index contributed by atoms with van der Waals surface area (Å²) in [5, 5.41) is 1.39. The minimum absolute atomic E-state index is 0.182. The molecule has 0 fully saturated rings. The summed E-state index contributed by atoms with van der Waals surface area (Å²) >= 11 is 0. The van der Waals surface area contributed by atoms with E-state index in [1.54, 1.807) is 0 Å². The maximum atomic E-state index is 11.3. The number of allylic oxidation sites excluding steroid dienone is 5. The quantitative estimate of drug-likeness (QED) is 0.602. The summed E-state index contributed by atoms with van der Waals surface area (Å²) in [6.07, 6.45) is 4.56. The van der Waals surface area contributed by atoms with Crippen LogP contribution in [0.3, 0.4) is 0 Å². The molecular weight excluding hydrogens is 344 g/mol. The van der Waals surface area contributed by atoms with Crippen molar-refractivity contribution >= 4 is 52.5 Å². The molecule has 21 heavy (non-hydrogen) atoms. The van der Waals surface area contributed by atoms with E-state index < -0.39 is 0 Å². The van der Waals surface area contributed by atoms with Crippen LogP contribution in [-0.4, -0.2) is 9.97 Å². The van der Waals surface area contributed by atoms with Crippen LogP contribution < -0.4 is 9.75 Å². The fourth-order valence-electron chi connectivity index (χ4n) is 1.56. The number of hydrogen-bond acceptors (Lipinski definition) is 8. The number of aromatic nitrogens is 2. The number of rotatable bonds is 5. The molecule has 0 aliphatic carbocycles. The molecule has 4 nitrogen and oxygen atoms in total. The van der Waals surface area contributed by atoms with Gasteiger partial charge in [0.05, 0.1) is 0 Å². The first kappa shape index (κ1) is 16.2. The molecule has 0 amide bonds. The van der Waals surface area contributed by atoms with E-state index in [0.29, 0.717) is 5.01 Å². The molecule has 0 N–H and O–H groups in total. The van der Waals surface area contributed by atoms with Crippen molar-refractivity contribution in [1.82, 2.24) is 9.97 Å². The van der Waals surface area contributed by atoms with Gasteiger partial charge in [-0.3, -0.25) is 9.59 Å². The van der Waals surface area contributed by atoms with Crippen molar-refractivity contribution in [3.8, 4) is 0 Å². The third-order valence-electron chi connectivity index (χ3n) is 2.40. The predicted octanol–water partition coefficient (Wildman–Crippen LogP) is 3.90. The Labute approximate surface area is 136 Å². The van der Waals surface area contributed by atoms with Gasteiger partial charge in [-0.25, -0.2) is 0 Å². The average Bonchev–Trinajstić information content (AvgIpc) is 3.03. The van der Waals surface area contributed by atoms with Crippen molar-refractivity contribution in [2.45, 2.75) is 20.3 Å². The minimum Gasteiger partial charge on any atom is -0.254 e. The Bertz CT molecular complexity index is 819. The van der Waals surface area contributed by atoms with Gasteiger partial charge in [0.15, 0.2) is 0 Å². The van der Waals surface area contributed by atoms with Crippen LogP contribution in [0.4, 0.5) is 0 Å². The Balaban J connectivity index is 2.50. The lowest BCUT2D eigenvalue weighted by molar-refractivity contribution is 1.20. The van der Waals surface area contributed by atoms with Gasteiger partial charge in [-0.2, -0.15) is 9.97 Å².